The molecule has 0 spiro atoms. The summed E-state index contributed by atoms with van der Waals surface area (Å²) in [7, 11) is 0. The van der Waals surface area contributed by atoms with Crippen molar-refractivity contribution in [2.45, 2.75) is 20.3 Å². The van der Waals surface area contributed by atoms with Crippen LogP contribution < -0.4 is 0 Å². The van der Waals surface area contributed by atoms with Crippen molar-refractivity contribution in [1.82, 2.24) is 9.97 Å². The van der Waals surface area contributed by atoms with Gasteiger partial charge in [0, 0.05) is 16.2 Å². The molecule has 0 saturated heterocycles. The molecule has 5 rings (SSSR count). The smallest absolute Gasteiger partial charge is 0.305 e. The molecule has 0 fully saturated rings. The number of nitrogens with zero attached hydrogens (tertiary/aromatic N) is 3. The second kappa shape index (κ2) is 7.03. The Balaban J connectivity index is 1.52. The fourth-order valence-electron chi connectivity index (χ4n) is 3.70. The quantitative estimate of drug-likeness (QED) is 0.333. The van der Waals surface area contributed by atoms with Crippen molar-refractivity contribution < 1.29 is 9.90 Å². The molecule has 0 aliphatic heterocycles. The van der Waals surface area contributed by atoms with Crippen LogP contribution >= 0.6 is 11.3 Å². The predicted octanol–water partition coefficient (Wildman–Crippen LogP) is 6.43. The molecular weight excluding hydrogens is 396 g/mol. The van der Waals surface area contributed by atoms with E-state index in [2.05, 4.69) is 15.2 Å². The Bertz CT molecular complexity index is 1480. The summed E-state index contributed by atoms with van der Waals surface area (Å²) < 4.78 is 0. The number of fused-ring (bicyclic) bond motifs is 3. The maximum atomic E-state index is 12.7. The lowest BCUT2D eigenvalue weighted by Crippen LogP contribution is -1.87. The number of pyridine rings is 1. The van der Waals surface area contributed by atoms with Crippen LogP contribution in [-0.4, -0.2) is 21.0 Å². The number of rotatable bonds is 3. The number of carbonyl (C=O) groups excluding carboxylic acids is 1. The molecule has 6 nitrogen and oxygen atoms in total. The van der Waals surface area contributed by atoms with E-state index in [1.54, 1.807) is 6.07 Å². The van der Waals surface area contributed by atoms with E-state index < -0.39 is 5.91 Å². The SMILES string of the molecule is CCc1cccc2c(N=NC(=O)c3cc4cc5cccc(C)c5nc4s3)c(O)[nH]c12. The van der Waals surface area contributed by atoms with Crippen LogP contribution in [0.25, 0.3) is 32.0 Å². The zero-order chi connectivity index (χ0) is 20.8. The third-order valence-corrected chi connectivity index (χ3v) is 6.27. The number of aromatic hydroxyl groups is 1. The lowest BCUT2D eigenvalue weighted by Gasteiger charge is -2.00. The molecular formula is C23H18N4O2S. The van der Waals surface area contributed by atoms with Gasteiger partial charge in [-0.3, -0.25) is 4.79 Å². The molecule has 0 aliphatic carbocycles. The summed E-state index contributed by atoms with van der Waals surface area (Å²) in [6.07, 6.45) is 0.815. The fourth-order valence-corrected chi connectivity index (χ4v) is 4.60. The first kappa shape index (κ1) is 18.4. The zero-order valence-electron chi connectivity index (χ0n) is 16.4. The Morgan fingerprint density at radius 2 is 2.00 bits per heavy atom. The van der Waals surface area contributed by atoms with Crippen LogP contribution in [0.15, 0.2) is 58.8 Å². The number of hydrogen-bond acceptors (Lipinski definition) is 5. The van der Waals surface area contributed by atoms with Gasteiger partial charge in [0.2, 0.25) is 5.88 Å². The monoisotopic (exact) mass is 414 g/mol. The summed E-state index contributed by atoms with van der Waals surface area (Å²) in [5.41, 5.74) is 4.18. The highest BCUT2D eigenvalue weighted by atomic mass is 32.1. The molecule has 7 heteroatoms. The van der Waals surface area contributed by atoms with Gasteiger partial charge in [0.25, 0.3) is 0 Å². The van der Waals surface area contributed by atoms with E-state index >= 15 is 0 Å². The van der Waals surface area contributed by atoms with E-state index in [-0.39, 0.29) is 11.6 Å². The highest BCUT2D eigenvalue weighted by Gasteiger charge is 2.15. The summed E-state index contributed by atoms with van der Waals surface area (Å²) in [5.74, 6) is -0.554. The largest absolute Gasteiger partial charge is 0.493 e. The van der Waals surface area contributed by atoms with Gasteiger partial charge in [0.1, 0.15) is 4.83 Å². The number of azo groups is 1. The summed E-state index contributed by atoms with van der Waals surface area (Å²) >= 11 is 1.30. The molecule has 0 aliphatic rings. The van der Waals surface area contributed by atoms with Gasteiger partial charge < -0.3 is 10.1 Å². The highest BCUT2D eigenvalue weighted by molar-refractivity contribution is 7.20. The van der Waals surface area contributed by atoms with Crippen LogP contribution in [0.3, 0.4) is 0 Å². The fraction of sp³-hybridized carbons (Fsp3) is 0.130. The van der Waals surface area contributed by atoms with Crippen molar-refractivity contribution in [1.29, 1.82) is 0 Å². The molecule has 0 atom stereocenters. The standard InChI is InChI=1S/C23H18N4O2S/c1-3-13-7-5-9-16-19(13)24-22(29)20(16)26-27-21(28)17-11-15-10-14-8-4-6-12(2)18(14)25-23(15)30-17/h4-11,24,29H,3H2,1-2H3. The molecule has 2 N–H and O–H groups in total. The van der Waals surface area contributed by atoms with Crippen molar-refractivity contribution in [2.75, 3.05) is 0 Å². The van der Waals surface area contributed by atoms with E-state index in [0.717, 1.165) is 49.6 Å². The van der Waals surface area contributed by atoms with E-state index in [1.165, 1.54) is 11.3 Å². The first-order valence-corrected chi connectivity index (χ1v) is 10.5. The number of amides is 1. The van der Waals surface area contributed by atoms with Gasteiger partial charge in [-0.1, -0.05) is 43.3 Å². The summed E-state index contributed by atoms with van der Waals surface area (Å²) in [5, 5.41) is 20.9. The normalized spacial score (nSPS) is 11.9. The number of aromatic amines is 1. The first-order chi connectivity index (χ1) is 14.5. The Kier molecular flexibility index (Phi) is 4.33. The Hall–Kier alpha value is -3.58. The van der Waals surface area contributed by atoms with Gasteiger partial charge in [0.05, 0.1) is 15.9 Å². The number of thiophene rings is 1. The average Bonchev–Trinajstić information content (AvgIpc) is 3.30. The van der Waals surface area contributed by atoms with Crippen molar-refractivity contribution in [3.8, 4) is 5.88 Å². The minimum atomic E-state index is -0.459. The van der Waals surface area contributed by atoms with Gasteiger partial charge in [0.15, 0.2) is 5.69 Å². The molecule has 3 aromatic heterocycles. The van der Waals surface area contributed by atoms with Gasteiger partial charge in [-0.2, -0.15) is 0 Å². The number of H-pyrrole nitrogens is 1. The van der Waals surface area contributed by atoms with E-state index in [1.807, 2.05) is 56.3 Å². The molecule has 3 heterocycles. The third kappa shape index (κ3) is 2.95. The molecule has 30 heavy (non-hydrogen) atoms. The number of aromatic nitrogens is 2. The summed E-state index contributed by atoms with van der Waals surface area (Å²) in [6, 6.07) is 15.6. The van der Waals surface area contributed by atoms with E-state index in [9.17, 15) is 9.90 Å². The molecule has 2 aromatic carbocycles. The number of carbonyl (C=O) groups is 1. The topological polar surface area (TPSA) is 90.7 Å². The van der Waals surface area contributed by atoms with Crippen LogP contribution in [0.4, 0.5) is 5.69 Å². The lowest BCUT2D eigenvalue weighted by molar-refractivity contribution is 0.0999. The zero-order valence-corrected chi connectivity index (χ0v) is 17.2. The van der Waals surface area contributed by atoms with E-state index in [0.29, 0.717) is 4.88 Å². The minimum Gasteiger partial charge on any atom is -0.493 e. The molecule has 1 amide bonds. The van der Waals surface area contributed by atoms with Gasteiger partial charge in [-0.15, -0.1) is 21.6 Å². The second-order valence-corrected chi connectivity index (χ2v) is 8.19. The van der Waals surface area contributed by atoms with Crippen LogP contribution in [0.5, 0.6) is 5.88 Å². The van der Waals surface area contributed by atoms with E-state index in [4.69, 9.17) is 4.98 Å². The van der Waals surface area contributed by atoms with Crippen LogP contribution in [0, 0.1) is 6.92 Å². The summed E-state index contributed by atoms with van der Waals surface area (Å²) in [4.78, 5) is 21.6. The second-order valence-electron chi connectivity index (χ2n) is 7.16. The Morgan fingerprint density at radius 1 is 1.17 bits per heavy atom. The lowest BCUT2D eigenvalue weighted by atomic mass is 10.1. The Labute approximate surface area is 175 Å². The number of para-hydroxylation sites is 2. The van der Waals surface area contributed by atoms with Crippen molar-refractivity contribution in [3.05, 3.63) is 64.5 Å². The molecule has 148 valence electrons. The molecule has 0 saturated carbocycles. The van der Waals surface area contributed by atoms with Gasteiger partial charge in [-0.25, -0.2) is 4.98 Å². The third-order valence-electron chi connectivity index (χ3n) is 5.24. The van der Waals surface area contributed by atoms with Crippen molar-refractivity contribution >= 4 is 55.0 Å². The van der Waals surface area contributed by atoms with Gasteiger partial charge >= 0.3 is 5.91 Å². The number of hydrogen-bond donors (Lipinski definition) is 2. The van der Waals surface area contributed by atoms with Crippen LogP contribution in [-0.2, 0) is 6.42 Å². The maximum absolute atomic E-state index is 12.7. The number of nitrogens with one attached hydrogen (secondary N) is 1. The predicted molar refractivity (Wildman–Crippen MR) is 120 cm³/mol. The van der Waals surface area contributed by atoms with Gasteiger partial charge in [-0.05, 0) is 36.6 Å². The van der Waals surface area contributed by atoms with Crippen molar-refractivity contribution in [3.63, 3.8) is 0 Å². The number of benzene rings is 2. The summed E-state index contributed by atoms with van der Waals surface area (Å²) in [6.45, 7) is 4.06. The van der Waals surface area contributed by atoms with Crippen LogP contribution in [0.1, 0.15) is 27.7 Å². The highest BCUT2D eigenvalue weighted by Crippen LogP contribution is 2.37. The Morgan fingerprint density at radius 3 is 2.83 bits per heavy atom. The van der Waals surface area contributed by atoms with Crippen molar-refractivity contribution in [2.24, 2.45) is 10.2 Å². The molecule has 5 aromatic rings. The van der Waals surface area contributed by atoms with Crippen LogP contribution in [0.2, 0.25) is 0 Å². The first-order valence-electron chi connectivity index (χ1n) is 9.63. The molecule has 0 bridgehead atoms. The minimum absolute atomic E-state index is 0.0952. The maximum Gasteiger partial charge on any atom is 0.305 e. The molecule has 0 unspecified atom stereocenters. The average molecular weight is 414 g/mol. The molecule has 0 radical (unpaired) electrons. The number of aryl methyl sites for hydroxylation is 2.